The molecule has 6 heterocycles. The van der Waals surface area contributed by atoms with Crippen LogP contribution in [0.1, 0.15) is 143 Å². The summed E-state index contributed by atoms with van der Waals surface area (Å²) in [5.41, 5.74) is 3.08. The van der Waals surface area contributed by atoms with Crippen LogP contribution < -0.4 is 0 Å². The fraction of sp³-hybridized carbons (Fsp3) is 0.591. The second-order valence-electron chi connectivity index (χ2n) is 14.8. The molecular weight excluding hydrogens is 1040 g/mol. The van der Waals surface area contributed by atoms with Gasteiger partial charge in [-0.2, -0.15) is 0 Å². The molecule has 0 saturated carbocycles. The summed E-state index contributed by atoms with van der Waals surface area (Å²) in [6.45, 7) is 9.25. The molecule has 0 saturated heterocycles. The zero-order valence-corrected chi connectivity index (χ0v) is 48.3. The summed E-state index contributed by atoms with van der Waals surface area (Å²) < 4.78 is 21.6. The Balaban J connectivity index is 0.894. The minimum Gasteiger partial charge on any atom is -0.117 e. The van der Waals surface area contributed by atoms with Crippen LogP contribution in [0.2, 0.25) is 0 Å². The van der Waals surface area contributed by atoms with Gasteiger partial charge < -0.3 is 0 Å². The summed E-state index contributed by atoms with van der Waals surface area (Å²) in [6.07, 6.45) is 28.8. The van der Waals surface area contributed by atoms with Gasteiger partial charge >= 0.3 is 0 Å². The summed E-state index contributed by atoms with van der Waals surface area (Å²) in [5.74, 6) is 5.05. The number of unbranched alkanes of at least 4 members (excludes halogenated alkanes) is 12. The van der Waals surface area contributed by atoms with Crippen LogP contribution in [-0.2, 0) is 0 Å². The highest BCUT2D eigenvalue weighted by molar-refractivity contribution is 8.51. The molecule has 0 radical (unpaired) electrons. The van der Waals surface area contributed by atoms with Crippen molar-refractivity contribution in [3.63, 3.8) is 0 Å². The average molecular weight is 1100 g/mol. The molecule has 0 N–H and O–H groups in total. The van der Waals surface area contributed by atoms with Crippen LogP contribution in [0.15, 0.2) is 82.6 Å². The molecule has 0 amide bonds. The monoisotopic (exact) mass is 1100 g/mol. The van der Waals surface area contributed by atoms with Crippen LogP contribution in [0, 0.1) is 0 Å². The Bertz CT molecular complexity index is 1590. The predicted molar refractivity (Wildman–Crippen MR) is 312 cm³/mol. The van der Waals surface area contributed by atoms with E-state index in [1.165, 1.54) is 168 Å². The summed E-state index contributed by atoms with van der Waals surface area (Å²) in [7, 11) is 0. The maximum Gasteiger partial charge on any atom is 0.0718 e. The van der Waals surface area contributed by atoms with E-state index in [0.29, 0.717) is 0 Å². The normalized spacial score (nSPS) is 20.7. The van der Waals surface area contributed by atoms with Crippen molar-refractivity contribution < 1.29 is 0 Å². The van der Waals surface area contributed by atoms with E-state index in [4.69, 9.17) is 0 Å². The molecule has 0 spiro atoms. The molecule has 0 fully saturated rings. The second kappa shape index (κ2) is 28.1. The first-order chi connectivity index (χ1) is 29.6. The van der Waals surface area contributed by atoms with Crippen molar-refractivity contribution in [2.24, 2.45) is 0 Å². The third-order valence-electron chi connectivity index (χ3n) is 9.82. The van der Waals surface area contributed by atoms with E-state index < -0.39 is 0 Å². The van der Waals surface area contributed by atoms with Gasteiger partial charge in [0.2, 0.25) is 0 Å². The quantitative estimate of drug-likeness (QED) is 0.0842. The molecule has 330 valence electrons. The molecule has 0 aromatic carbocycles. The van der Waals surface area contributed by atoms with Crippen LogP contribution in [0.5, 0.6) is 0 Å². The Morgan fingerprint density at radius 3 is 0.767 bits per heavy atom. The van der Waals surface area contributed by atoms with Gasteiger partial charge in [-0.3, -0.25) is 0 Å². The lowest BCUT2D eigenvalue weighted by Gasteiger charge is -2.16. The molecule has 7 aliphatic rings. The van der Waals surface area contributed by atoms with Gasteiger partial charge in [0.15, 0.2) is 0 Å². The molecular formula is C44H58S16. The molecule has 0 nitrogen and oxygen atoms in total. The van der Waals surface area contributed by atoms with Crippen LogP contribution in [0.3, 0.4) is 0 Å². The first-order valence-corrected chi connectivity index (χ1v) is 35.6. The molecule has 16 heteroatoms. The number of hydrogen-bond acceptors (Lipinski definition) is 16. The topological polar surface area (TPSA) is 0 Å². The Morgan fingerprint density at radius 1 is 0.300 bits per heavy atom. The zero-order valence-electron chi connectivity index (χ0n) is 35.2. The summed E-state index contributed by atoms with van der Waals surface area (Å²) in [6, 6.07) is 0. The molecule has 0 bridgehead atoms. The minimum absolute atomic E-state index is 1.15. The first-order valence-electron chi connectivity index (χ1n) is 21.8. The van der Waals surface area contributed by atoms with Crippen LogP contribution in [0.4, 0.5) is 0 Å². The fourth-order valence-corrected chi connectivity index (χ4v) is 31.8. The van der Waals surface area contributed by atoms with Gasteiger partial charge in [-0.1, -0.05) is 258 Å². The van der Waals surface area contributed by atoms with Gasteiger partial charge in [0.1, 0.15) is 0 Å². The second-order valence-corrected chi connectivity index (χ2v) is 35.1. The standard InChI is InChI=1S/C44H58S16/c1-5-9-13-17-25-45-33-34(46-26-18-14-10-6-2)54-41(53-33)43-57-37-38(58-43)50-31(49-37)29-21-23-30(24-22-29)32-51-39-40(52-32)60-44(59-39)42-55-35(47-27-19-15-11-7-3)36(56-42)48-28-20-16-12-8-4/h21,23H,5-20,22,24-28H2,1-4H3. The Hall–Kier alpha value is 3.26. The van der Waals surface area contributed by atoms with E-state index >= 15 is 0 Å². The number of thioether (sulfide) groups is 16. The highest BCUT2D eigenvalue weighted by Crippen LogP contribution is 2.73. The zero-order chi connectivity index (χ0) is 41.5. The largest absolute Gasteiger partial charge is 0.117 e. The maximum atomic E-state index is 2.46. The average Bonchev–Trinajstić information content (AvgIpc) is 4.11. The van der Waals surface area contributed by atoms with Crippen molar-refractivity contribution in [2.45, 2.75) is 143 Å². The van der Waals surface area contributed by atoms with Gasteiger partial charge in [0.25, 0.3) is 0 Å². The lowest BCUT2D eigenvalue weighted by Crippen LogP contribution is -1.93. The van der Waals surface area contributed by atoms with E-state index in [1.807, 2.05) is 47.0 Å². The molecule has 1 aliphatic carbocycles. The van der Waals surface area contributed by atoms with Crippen LogP contribution in [-0.4, -0.2) is 23.0 Å². The third kappa shape index (κ3) is 15.1. The summed E-state index contributed by atoms with van der Waals surface area (Å²) in [4.78, 5) is 0. The molecule has 0 atom stereocenters. The van der Waals surface area contributed by atoms with Crippen molar-refractivity contribution >= 4 is 188 Å². The van der Waals surface area contributed by atoms with Gasteiger partial charge in [0.05, 0.1) is 59.3 Å². The van der Waals surface area contributed by atoms with Gasteiger partial charge in [-0.05, 0) is 72.7 Å². The van der Waals surface area contributed by atoms with Gasteiger partial charge in [-0.15, -0.1) is 47.0 Å². The maximum absolute atomic E-state index is 2.46. The summed E-state index contributed by atoms with van der Waals surface area (Å²) >= 11 is 33.2. The van der Waals surface area contributed by atoms with E-state index in [2.05, 4.69) is 181 Å². The lowest BCUT2D eigenvalue weighted by atomic mass is 10.00. The molecule has 7 rings (SSSR count). The summed E-state index contributed by atoms with van der Waals surface area (Å²) in [5, 5.41) is 0. The number of hydrogen-bond donors (Lipinski definition) is 0. The van der Waals surface area contributed by atoms with E-state index in [-0.39, 0.29) is 0 Å². The van der Waals surface area contributed by atoms with Crippen molar-refractivity contribution in [3.8, 4) is 0 Å². The number of rotatable bonds is 24. The SMILES string of the molecule is CCCCCCSC1=C(SCCCCCC)SC(=C2SC3=C(SC(=C4C=CC(=C5SC6=C(S5)SC(=C5SC(SCCCCCC)=C(SCCCCCC)S5)S6)CC4)S3)S2)S1. The Kier molecular flexibility index (Phi) is 23.9. The fourth-order valence-electron chi connectivity index (χ4n) is 6.42. The molecule has 60 heavy (non-hydrogen) atoms. The highest BCUT2D eigenvalue weighted by Gasteiger charge is 2.38. The van der Waals surface area contributed by atoms with Crippen molar-refractivity contribution in [1.82, 2.24) is 0 Å². The van der Waals surface area contributed by atoms with Crippen molar-refractivity contribution in [1.29, 1.82) is 0 Å². The molecule has 0 unspecified atom stereocenters. The molecule has 0 aromatic rings. The van der Waals surface area contributed by atoms with Gasteiger partial charge in [-0.25, -0.2) is 0 Å². The van der Waals surface area contributed by atoms with Crippen LogP contribution in [0.25, 0.3) is 0 Å². The van der Waals surface area contributed by atoms with E-state index in [9.17, 15) is 0 Å². The lowest BCUT2D eigenvalue weighted by molar-refractivity contribution is 0.707. The van der Waals surface area contributed by atoms with Gasteiger partial charge in [0, 0.05) is 0 Å². The van der Waals surface area contributed by atoms with Crippen molar-refractivity contribution in [3.05, 3.63) is 82.6 Å². The predicted octanol–water partition coefficient (Wildman–Crippen LogP) is 22.7. The Morgan fingerprint density at radius 2 is 0.533 bits per heavy atom. The first kappa shape index (κ1) is 51.1. The van der Waals surface area contributed by atoms with E-state index in [0.717, 1.165) is 12.8 Å². The number of allylic oxidation sites excluding steroid dienone is 4. The third-order valence-corrected chi connectivity index (χ3v) is 33.8. The highest BCUT2D eigenvalue weighted by atomic mass is 32.3. The van der Waals surface area contributed by atoms with Crippen molar-refractivity contribution in [2.75, 3.05) is 23.0 Å². The Labute approximate surface area is 431 Å². The minimum atomic E-state index is 1.15. The smallest absolute Gasteiger partial charge is 0.0718 e. The molecule has 6 aliphatic heterocycles. The van der Waals surface area contributed by atoms with E-state index in [1.54, 1.807) is 28.1 Å². The molecule has 0 aromatic heterocycles. The van der Waals surface area contributed by atoms with Crippen LogP contribution >= 0.6 is 188 Å².